The quantitative estimate of drug-likeness (QED) is 0.300. The summed E-state index contributed by atoms with van der Waals surface area (Å²) in [6.45, 7) is 8.79. The first kappa shape index (κ1) is 24.7. The van der Waals surface area contributed by atoms with Crippen molar-refractivity contribution in [1.82, 2.24) is 15.5 Å². The number of hydrogen-bond donors (Lipinski definition) is 2. The summed E-state index contributed by atoms with van der Waals surface area (Å²) in [6, 6.07) is 8.61. The molecule has 3 rings (SSSR count). The van der Waals surface area contributed by atoms with Gasteiger partial charge in [0.15, 0.2) is 17.5 Å². The number of methoxy groups -OCH3 is 2. The Bertz CT molecular complexity index is 827. The number of guanidine groups is 1. The summed E-state index contributed by atoms with van der Waals surface area (Å²) in [5.41, 5.74) is 2.57. The molecule has 1 unspecified atom stereocenters. The van der Waals surface area contributed by atoms with Crippen molar-refractivity contribution >= 4 is 41.3 Å². The van der Waals surface area contributed by atoms with Gasteiger partial charge < -0.3 is 20.1 Å². The molecule has 0 saturated carbocycles. The average Bonchev–Trinajstić information content (AvgIpc) is 3.23. The van der Waals surface area contributed by atoms with E-state index in [2.05, 4.69) is 40.8 Å². The number of thiophene rings is 1. The lowest BCUT2D eigenvalue weighted by molar-refractivity contribution is 0.192. The molecule has 1 atom stereocenters. The predicted molar refractivity (Wildman–Crippen MR) is 136 cm³/mol. The fraction of sp³-hybridized carbons (Fsp3) is 0.500. The van der Waals surface area contributed by atoms with Crippen LogP contribution < -0.4 is 20.1 Å². The van der Waals surface area contributed by atoms with E-state index in [0.29, 0.717) is 12.6 Å². The van der Waals surface area contributed by atoms with Gasteiger partial charge in [-0.25, -0.2) is 4.99 Å². The first-order valence-corrected chi connectivity index (χ1v) is 11.0. The summed E-state index contributed by atoms with van der Waals surface area (Å²) in [5, 5.41) is 9.05. The van der Waals surface area contributed by atoms with Gasteiger partial charge in [-0.1, -0.05) is 6.07 Å². The molecule has 30 heavy (non-hydrogen) atoms. The molecule has 0 radical (unpaired) electrons. The second kappa shape index (κ2) is 12.4. The number of fused-ring (bicyclic) bond motifs is 1. The van der Waals surface area contributed by atoms with Crippen molar-refractivity contribution in [1.29, 1.82) is 0 Å². The highest BCUT2D eigenvalue weighted by Gasteiger charge is 2.21. The van der Waals surface area contributed by atoms with Crippen LogP contribution in [0.3, 0.4) is 0 Å². The molecule has 0 fully saturated rings. The van der Waals surface area contributed by atoms with Crippen molar-refractivity contribution in [3.63, 3.8) is 0 Å². The second-order valence-electron chi connectivity index (χ2n) is 7.20. The second-order valence-corrected chi connectivity index (χ2v) is 8.20. The van der Waals surface area contributed by atoms with Gasteiger partial charge in [-0.15, -0.1) is 35.3 Å². The highest BCUT2D eigenvalue weighted by Crippen LogP contribution is 2.28. The standard InChI is InChI=1S/C22H32N4O2S.HI/c1-5-23-22(25-14-17-6-7-19(27-3)20(12-17)28-4)24-13-16(2)26-10-8-21-18(15-26)9-11-29-21;/h6-7,9,11-12,16H,5,8,10,13-15H2,1-4H3,(H2,23,24,25);1H. The molecule has 1 aliphatic rings. The van der Waals surface area contributed by atoms with Crippen molar-refractivity contribution < 1.29 is 9.47 Å². The number of ether oxygens (including phenoxy) is 2. The zero-order valence-corrected chi connectivity index (χ0v) is 21.4. The lowest BCUT2D eigenvalue weighted by Crippen LogP contribution is -2.47. The van der Waals surface area contributed by atoms with Crippen LogP contribution >= 0.6 is 35.3 Å². The van der Waals surface area contributed by atoms with E-state index in [1.807, 2.05) is 29.5 Å². The number of nitrogens with zero attached hydrogens (tertiary/aromatic N) is 2. The Morgan fingerprint density at radius 2 is 2.00 bits per heavy atom. The molecular formula is C22H33IN4O2S. The van der Waals surface area contributed by atoms with E-state index >= 15 is 0 Å². The fourth-order valence-corrected chi connectivity index (χ4v) is 4.40. The van der Waals surface area contributed by atoms with Crippen molar-refractivity contribution in [3.05, 3.63) is 45.6 Å². The van der Waals surface area contributed by atoms with Crippen molar-refractivity contribution in [3.8, 4) is 11.5 Å². The predicted octanol–water partition coefficient (Wildman–Crippen LogP) is 3.89. The van der Waals surface area contributed by atoms with E-state index in [9.17, 15) is 0 Å². The molecule has 0 spiro atoms. The van der Waals surface area contributed by atoms with Gasteiger partial charge in [-0.05, 0) is 55.0 Å². The molecule has 0 bridgehead atoms. The Morgan fingerprint density at radius 1 is 1.20 bits per heavy atom. The molecule has 0 saturated heterocycles. The van der Waals surface area contributed by atoms with Gasteiger partial charge in [-0.2, -0.15) is 0 Å². The molecule has 2 heterocycles. The Hall–Kier alpha value is -1.52. The van der Waals surface area contributed by atoms with E-state index in [1.54, 1.807) is 19.1 Å². The van der Waals surface area contributed by atoms with Crippen molar-refractivity contribution in [2.75, 3.05) is 33.9 Å². The summed E-state index contributed by atoms with van der Waals surface area (Å²) in [5.74, 6) is 2.29. The molecule has 1 aromatic heterocycles. The van der Waals surface area contributed by atoms with Crippen LogP contribution in [0, 0.1) is 0 Å². The largest absolute Gasteiger partial charge is 0.493 e. The van der Waals surface area contributed by atoms with Crippen LogP contribution in [0.1, 0.15) is 29.9 Å². The van der Waals surface area contributed by atoms with Gasteiger partial charge in [0, 0.05) is 37.1 Å². The molecule has 2 N–H and O–H groups in total. The SMILES string of the molecule is CCNC(=NCc1ccc(OC)c(OC)c1)NCC(C)N1CCc2sccc2C1.I. The highest BCUT2D eigenvalue weighted by molar-refractivity contribution is 14.0. The maximum absolute atomic E-state index is 5.39. The molecule has 1 aliphatic heterocycles. The van der Waals surface area contributed by atoms with Gasteiger partial charge in [0.25, 0.3) is 0 Å². The normalized spacial score (nSPS) is 15.0. The Morgan fingerprint density at radius 3 is 2.73 bits per heavy atom. The topological polar surface area (TPSA) is 58.1 Å². The number of rotatable bonds is 8. The number of halogens is 1. The Balaban J connectivity index is 0.00000320. The lowest BCUT2D eigenvalue weighted by Gasteiger charge is -2.32. The Kier molecular flexibility index (Phi) is 10.2. The molecule has 2 aromatic rings. The average molecular weight is 545 g/mol. The zero-order valence-electron chi connectivity index (χ0n) is 18.2. The van der Waals surface area contributed by atoms with E-state index in [1.165, 1.54) is 5.56 Å². The Labute approximate surface area is 201 Å². The smallest absolute Gasteiger partial charge is 0.191 e. The number of aliphatic imine (C=N–C) groups is 1. The van der Waals surface area contributed by atoms with Crippen LogP contribution in [0.4, 0.5) is 0 Å². The molecule has 1 aromatic carbocycles. The molecule has 0 aliphatic carbocycles. The summed E-state index contributed by atoms with van der Waals surface area (Å²) < 4.78 is 10.7. The van der Waals surface area contributed by atoms with Gasteiger partial charge in [0.2, 0.25) is 0 Å². The third-order valence-corrected chi connectivity index (χ3v) is 6.26. The van der Waals surface area contributed by atoms with E-state index in [0.717, 1.165) is 55.6 Å². The van der Waals surface area contributed by atoms with E-state index in [4.69, 9.17) is 14.5 Å². The third kappa shape index (κ3) is 6.49. The summed E-state index contributed by atoms with van der Waals surface area (Å²) in [4.78, 5) is 8.83. The minimum absolute atomic E-state index is 0. The molecule has 0 amide bonds. The van der Waals surface area contributed by atoms with E-state index < -0.39 is 0 Å². The monoisotopic (exact) mass is 544 g/mol. The first-order chi connectivity index (χ1) is 14.1. The molecule has 6 nitrogen and oxygen atoms in total. The van der Waals surface area contributed by atoms with Crippen LogP contribution in [0.15, 0.2) is 34.6 Å². The number of nitrogens with one attached hydrogen (secondary N) is 2. The maximum atomic E-state index is 5.39. The maximum Gasteiger partial charge on any atom is 0.191 e. The third-order valence-electron chi connectivity index (χ3n) is 5.24. The molecular weight excluding hydrogens is 511 g/mol. The van der Waals surface area contributed by atoms with E-state index in [-0.39, 0.29) is 24.0 Å². The zero-order chi connectivity index (χ0) is 20.6. The first-order valence-electron chi connectivity index (χ1n) is 10.2. The summed E-state index contributed by atoms with van der Waals surface area (Å²) in [6.07, 6.45) is 1.16. The minimum atomic E-state index is 0. The van der Waals surface area contributed by atoms with Crippen LogP contribution in [0.5, 0.6) is 11.5 Å². The van der Waals surface area contributed by atoms with Crippen molar-refractivity contribution in [2.24, 2.45) is 4.99 Å². The lowest BCUT2D eigenvalue weighted by atomic mass is 10.1. The van der Waals surface area contributed by atoms with Crippen LogP contribution in [0.2, 0.25) is 0 Å². The van der Waals surface area contributed by atoms with Crippen LogP contribution in [-0.4, -0.2) is 50.8 Å². The molecule has 166 valence electrons. The highest BCUT2D eigenvalue weighted by atomic mass is 127. The van der Waals surface area contributed by atoms with Crippen molar-refractivity contribution in [2.45, 2.75) is 39.4 Å². The van der Waals surface area contributed by atoms with Gasteiger partial charge >= 0.3 is 0 Å². The van der Waals surface area contributed by atoms with Gasteiger partial charge in [0.05, 0.1) is 20.8 Å². The summed E-state index contributed by atoms with van der Waals surface area (Å²) in [7, 11) is 3.29. The molecule has 8 heteroatoms. The van der Waals surface area contributed by atoms with Crippen LogP contribution in [0.25, 0.3) is 0 Å². The minimum Gasteiger partial charge on any atom is -0.493 e. The van der Waals surface area contributed by atoms with Crippen LogP contribution in [-0.2, 0) is 19.5 Å². The van der Waals surface area contributed by atoms with Gasteiger partial charge in [0.1, 0.15) is 0 Å². The summed E-state index contributed by atoms with van der Waals surface area (Å²) >= 11 is 1.89. The number of hydrogen-bond acceptors (Lipinski definition) is 5. The fourth-order valence-electron chi connectivity index (χ4n) is 3.51. The number of benzene rings is 1. The van der Waals surface area contributed by atoms with Gasteiger partial charge in [-0.3, -0.25) is 4.90 Å².